The van der Waals surface area contributed by atoms with Crippen molar-refractivity contribution in [2.45, 2.75) is 18.9 Å². The van der Waals surface area contributed by atoms with Gasteiger partial charge in [0.05, 0.1) is 40.8 Å². The molecule has 184 valence electrons. The van der Waals surface area contributed by atoms with E-state index >= 15 is 0 Å². The Morgan fingerprint density at radius 1 is 1.19 bits per heavy atom. The third-order valence-electron chi connectivity index (χ3n) is 6.18. The number of imidazole rings is 1. The molecule has 2 aliphatic rings. The number of benzene rings is 1. The molecule has 1 saturated carbocycles. The maximum absolute atomic E-state index is 11.7. The third-order valence-corrected chi connectivity index (χ3v) is 6.58. The number of amides is 1. The zero-order chi connectivity index (χ0) is 25.2. The van der Waals surface area contributed by atoms with E-state index in [4.69, 9.17) is 11.6 Å². The minimum absolute atomic E-state index is 0.0237. The van der Waals surface area contributed by atoms with Gasteiger partial charge in [-0.2, -0.15) is 20.0 Å². The van der Waals surface area contributed by atoms with Crippen molar-refractivity contribution in [2.75, 3.05) is 55.3 Å². The molecule has 13 heteroatoms. The van der Waals surface area contributed by atoms with E-state index in [9.17, 15) is 15.3 Å². The number of halogens is 1. The van der Waals surface area contributed by atoms with Crippen molar-refractivity contribution in [3.8, 4) is 12.1 Å². The van der Waals surface area contributed by atoms with Crippen LogP contribution in [-0.4, -0.2) is 76.2 Å². The first-order valence-corrected chi connectivity index (χ1v) is 12.0. The van der Waals surface area contributed by atoms with Crippen molar-refractivity contribution in [3.63, 3.8) is 0 Å². The van der Waals surface area contributed by atoms with Gasteiger partial charge in [0, 0.05) is 39.3 Å². The summed E-state index contributed by atoms with van der Waals surface area (Å²) in [6.07, 6.45) is 3.54. The van der Waals surface area contributed by atoms with Crippen molar-refractivity contribution in [2.24, 2.45) is 0 Å². The molecule has 0 bridgehead atoms. The number of rotatable bonds is 7. The van der Waals surface area contributed by atoms with Gasteiger partial charge < -0.3 is 20.9 Å². The lowest BCUT2D eigenvalue weighted by molar-refractivity contribution is -0.121. The van der Waals surface area contributed by atoms with Gasteiger partial charge >= 0.3 is 0 Å². The monoisotopic (exact) mass is 505 g/mol. The van der Waals surface area contributed by atoms with Gasteiger partial charge in [-0.25, -0.2) is 4.98 Å². The maximum Gasteiger partial charge on any atom is 0.247 e. The van der Waals surface area contributed by atoms with Crippen LogP contribution in [0.5, 0.6) is 0 Å². The van der Waals surface area contributed by atoms with Crippen LogP contribution in [0, 0.1) is 22.7 Å². The molecular weight excluding hydrogens is 482 g/mol. The quantitative estimate of drug-likeness (QED) is 0.432. The summed E-state index contributed by atoms with van der Waals surface area (Å²) in [6, 6.07) is 8.00. The fourth-order valence-corrected chi connectivity index (χ4v) is 4.35. The highest BCUT2D eigenvalue weighted by Gasteiger charge is 2.25. The Balaban J connectivity index is 1.43. The highest BCUT2D eigenvalue weighted by molar-refractivity contribution is 6.36. The Morgan fingerprint density at radius 3 is 2.64 bits per heavy atom. The minimum atomic E-state index is -0.0237. The van der Waals surface area contributed by atoms with Crippen molar-refractivity contribution < 1.29 is 4.79 Å². The molecule has 3 aromatic rings. The summed E-state index contributed by atoms with van der Waals surface area (Å²) >= 11 is 6.82. The lowest BCUT2D eigenvalue weighted by Crippen LogP contribution is -2.49. The largest absolute Gasteiger partial charge is 0.368 e. The van der Waals surface area contributed by atoms with Gasteiger partial charge in [0.2, 0.25) is 11.9 Å². The molecule has 1 aromatic carbocycles. The van der Waals surface area contributed by atoms with E-state index in [0.29, 0.717) is 66.5 Å². The van der Waals surface area contributed by atoms with Crippen LogP contribution >= 0.6 is 11.6 Å². The van der Waals surface area contributed by atoms with Crippen LogP contribution in [0.1, 0.15) is 24.1 Å². The van der Waals surface area contributed by atoms with Gasteiger partial charge in [-0.15, -0.1) is 5.10 Å². The molecular formula is C23H24ClN11O. The summed E-state index contributed by atoms with van der Waals surface area (Å²) in [4.78, 5) is 24.8. The Bertz CT molecular complexity index is 1390. The second-order valence-electron chi connectivity index (χ2n) is 8.72. The van der Waals surface area contributed by atoms with E-state index in [1.54, 1.807) is 19.2 Å². The van der Waals surface area contributed by atoms with Crippen LogP contribution in [-0.2, 0) is 4.79 Å². The topological polar surface area (TPSA) is 150 Å². The predicted molar refractivity (Wildman–Crippen MR) is 134 cm³/mol. The molecule has 1 amide bonds. The fourth-order valence-electron chi connectivity index (χ4n) is 4.07. The van der Waals surface area contributed by atoms with E-state index < -0.39 is 0 Å². The molecule has 5 rings (SSSR count). The van der Waals surface area contributed by atoms with E-state index in [2.05, 4.69) is 53.0 Å². The van der Waals surface area contributed by atoms with Crippen molar-refractivity contribution in [1.29, 1.82) is 10.5 Å². The second kappa shape index (κ2) is 9.85. The van der Waals surface area contributed by atoms with E-state index in [1.165, 1.54) is 10.7 Å². The number of anilines is 4. The number of nitrogens with zero attached hydrogens (tertiary/aromatic N) is 8. The smallest absolute Gasteiger partial charge is 0.247 e. The Kier molecular flexibility index (Phi) is 6.46. The number of nitriles is 2. The Morgan fingerprint density at radius 2 is 1.97 bits per heavy atom. The molecule has 1 aliphatic carbocycles. The van der Waals surface area contributed by atoms with Crippen molar-refractivity contribution >= 4 is 46.3 Å². The fraction of sp³-hybridized carbons (Fsp3) is 0.391. The van der Waals surface area contributed by atoms with Crippen LogP contribution in [0.2, 0.25) is 5.02 Å². The number of carbonyl (C=O) groups is 1. The zero-order valence-electron chi connectivity index (χ0n) is 19.6. The standard InChI is InChI=1S/C23H24ClN11O/c1-27-19(36)13-33-4-6-34(7-5-33)18-9-14(10-25)8-17(20(18)24)30-23-31-21(29-15-2-3-15)22-28-12-16(11-26)35(22)32-23/h8-9,12,15H,2-7,13H2,1H3,(H,27,36)(H2,29,30,31,32). The minimum Gasteiger partial charge on any atom is -0.368 e. The van der Waals surface area contributed by atoms with Crippen LogP contribution in [0.3, 0.4) is 0 Å². The number of nitrogens with one attached hydrogen (secondary N) is 3. The first kappa shape index (κ1) is 23.6. The summed E-state index contributed by atoms with van der Waals surface area (Å²) in [5, 5.41) is 33.1. The van der Waals surface area contributed by atoms with Crippen LogP contribution in [0.4, 0.5) is 23.1 Å². The predicted octanol–water partition coefficient (Wildman–Crippen LogP) is 1.71. The van der Waals surface area contributed by atoms with E-state index in [1.807, 2.05) is 0 Å². The summed E-state index contributed by atoms with van der Waals surface area (Å²) in [7, 11) is 1.63. The van der Waals surface area contributed by atoms with Gasteiger partial charge in [0.15, 0.2) is 17.2 Å². The molecule has 0 radical (unpaired) electrons. The molecule has 3 heterocycles. The molecule has 0 spiro atoms. The Hall–Kier alpha value is -4.13. The number of fused-ring (bicyclic) bond motifs is 1. The molecule has 12 nitrogen and oxygen atoms in total. The number of hydrogen-bond acceptors (Lipinski definition) is 10. The molecule has 1 saturated heterocycles. The molecule has 2 aromatic heterocycles. The highest BCUT2D eigenvalue weighted by Crippen LogP contribution is 2.36. The number of aromatic nitrogens is 4. The van der Waals surface area contributed by atoms with Crippen LogP contribution in [0.15, 0.2) is 18.3 Å². The second-order valence-corrected chi connectivity index (χ2v) is 9.10. The first-order valence-electron chi connectivity index (χ1n) is 11.6. The maximum atomic E-state index is 11.7. The van der Waals surface area contributed by atoms with Gasteiger partial charge in [0.25, 0.3) is 0 Å². The number of likely N-dealkylation sites (N-methyl/N-ethyl adjacent to an activating group) is 1. The summed E-state index contributed by atoms with van der Waals surface area (Å²) in [5.74, 6) is 0.722. The first-order chi connectivity index (χ1) is 17.5. The molecule has 3 N–H and O–H groups in total. The number of piperazine rings is 1. The Labute approximate surface area is 212 Å². The lowest BCUT2D eigenvalue weighted by Gasteiger charge is -2.36. The average Bonchev–Trinajstić information content (AvgIpc) is 3.61. The van der Waals surface area contributed by atoms with Gasteiger partial charge in [0.1, 0.15) is 6.07 Å². The van der Waals surface area contributed by atoms with E-state index in [-0.39, 0.29) is 17.5 Å². The highest BCUT2D eigenvalue weighted by atomic mass is 35.5. The molecule has 2 fully saturated rings. The normalized spacial score (nSPS) is 15.8. The van der Waals surface area contributed by atoms with Gasteiger partial charge in [-0.3, -0.25) is 9.69 Å². The third kappa shape index (κ3) is 4.82. The summed E-state index contributed by atoms with van der Waals surface area (Å²) in [6.45, 7) is 3.04. The van der Waals surface area contributed by atoms with Gasteiger partial charge in [-0.05, 0) is 25.0 Å². The van der Waals surface area contributed by atoms with E-state index in [0.717, 1.165) is 18.5 Å². The van der Waals surface area contributed by atoms with Crippen molar-refractivity contribution in [1.82, 2.24) is 29.8 Å². The summed E-state index contributed by atoms with van der Waals surface area (Å²) in [5.41, 5.74) is 2.38. The zero-order valence-corrected chi connectivity index (χ0v) is 20.4. The SMILES string of the molecule is CNC(=O)CN1CCN(c2cc(C#N)cc(Nc3nc(NC4CC4)c4ncc(C#N)n4n3)c2Cl)CC1. The number of carbonyl (C=O) groups excluding carboxylic acids is 1. The average molecular weight is 506 g/mol. The molecule has 0 unspecified atom stereocenters. The lowest BCUT2D eigenvalue weighted by atomic mass is 10.1. The number of hydrogen-bond donors (Lipinski definition) is 3. The van der Waals surface area contributed by atoms with Gasteiger partial charge in [-0.1, -0.05) is 11.6 Å². The summed E-state index contributed by atoms with van der Waals surface area (Å²) < 4.78 is 1.44. The molecule has 36 heavy (non-hydrogen) atoms. The van der Waals surface area contributed by atoms with Crippen molar-refractivity contribution in [3.05, 3.63) is 34.6 Å². The van der Waals surface area contributed by atoms with Crippen LogP contribution in [0.25, 0.3) is 5.65 Å². The molecule has 0 atom stereocenters. The molecule has 1 aliphatic heterocycles. The van der Waals surface area contributed by atoms with Crippen LogP contribution < -0.4 is 20.9 Å².